The Balaban J connectivity index is 0.970. The Kier molecular flexibility index (Phi) is 6.38. The highest BCUT2D eigenvalue weighted by Crippen LogP contribution is 2.58. The molecule has 1 unspecified atom stereocenters. The van der Waals surface area contributed by atoms with E-state index in [-0.39, 0.29) is 6.17 Å². The first-order chi connectivity index (χ1) is 31.2. The Hall–Kier alpha value is -8.48. The minimum atomic E-state index is -0.0558. The van der Waals surface area contributed by atoms with Gasteiger partial charge in [-0.3, -0.25) is 9.47 Å². The molecule has 0 saturated carbocycles. The Morgan fingerprint density at radius 1 is 0.397 bits per heavy atom. The Labute approximate surface area is 360 Å². The Morgan fingerprint density at radius 3 is 1.70 bits per heavy atom. The summed E-state index contributed by atoms with van der Waals surface area (Å²) in [6, 6.07) is 70.2. The van der Waals surface area contributed by atoms with E-state index in [4.69, 9.17) is 8.83 Å². The normalized spacial score (nSPS) is 14.3. The molecule has 13 aromatic rings. The van der Waals surface area contributed by atoms with Crippen LogP contribution < -0.4 is 10.2 Å². The summed E-state index contributed by atoms with van der Waals surface area (Å²) in [7, 11) is 0. The van der Waals surface area contributed by atoms with Crippen molar-refractivity contribution in [2.75, 3.05) is 10.2 Å². The molecule has 6 heteroatoms. The van der Waals surface area contributed by atoms with Crippen LogP contribution in [-0.4, -0.2) is 9.13 Å². The molecule has 0 saturated heterocycles. The molecular weight excluding hydrogens is 773 g/mol. The maximum atomic E-state index is 6.33. The van der Waals surface area contributed by atoms with Gasteiger partial charge in [0.05, 0.1) is 27.9 Å². The first-order valence-electron chi connectivity index (χ1n) is 21.5. The summed E-state index contributed by atoms with van der Waals surface area (Å²) in [4.78, 5) is 2.51. The van der Waals surface area contributed by atoms with Gasteiger partial charge in [0.1, 0.15) is 34.3 Å². The average Bonchev–Trinajstić information content (AvgIpc) is 4.15. The van der Waals surface area contributed by atoms with Crippen LogP contribution >= 0.6 is 0 Å². The van der Waals surface area contributed by atoms with Gasteiger partial charge in [0.15, 0.2) is 0 Å². The number of hydrogen-bond donors (Lipinski definition) is 1. The smallest absolute Gasteiger partial charge is 0.135 e. The van der Waals surface area contributed by atoms with Gasteiger partial charge in [-0.2, -0.15) is 0 Å². The Bertz CT molecular complexity index is 4100. The zero-order valence-electron chi connectivity index (χ0n) is 33.7. The summed E-state index contributed by atoms with van der Waals surface area (Å²) < 4.78 is 17.4. The van der Waals surface area contributed by atoms with E-state index in [9.17, 15) is 0 Å². The number of rotatable bonds is 3. The molecule has 0 bridgehead atoms. The molecule has 0 fully saturated rings. The highest BCUT2D eigenvalue weighted by molar-refractivity contribution is 6.14. The van der Waals surface area contributed by atoms with Gasteiger partial charge in [-0.15, -0.1) is 0 Å². The van der Waals surface area contributed by atoms with E-state index in [1.54, 1.807) is 0 Å². The fourth-order valence-electron chi connectivity index (χ4n) is 10.9. The molecule has 0 spiro atoms. The minimum absolute atomic E-state index is 0.0558. The summed E-state index contributed by atoms with van der Waals surface area (Å²) in [5.74, 6) is 1.15. The molecule has 294 valence electrons. The number of hydrogen-bond acceptors (Lipinski definition) is 4. The summed E-state index contributed by atoms with van der Waals surface area (Å²) in [6.07, 6.45) is -0.0558. The van der Waals surface area contributed by atoms with Crippen LogP contribution in [0.25, 0.3) is 110 Å². The van der Waals surface area contributed by atoms with Crippen LogP contribution in [0.5, 0.6) is 0 Å². The fourth-order valence-corrected chi connectivity index (χ4v) is 10.9. The maximum Gasteiger partial charge on any atom is 0.135 e. The largest absolute Gasteiger partial charge is 0.456 e. The average molecular weight is 807 g/mol. The maximum absolute atomic E-state index is 6.33. The molecule has 2 aliphatic heterocycles. The lowest BCUT2D eigenvalue weighted by atomic mass is 9.91. The third-order valence-corrected chi connectivity index (χ3v) is 13.7. The quantitative estimate of drug-likeness (QED) is 0.193. The highest BCUT2D eigenvalue weighted by Gasteiger charge is 2.41. The molecule has 0 amide bonds. The van der Waals surface area contributed by atoms with Crippen molar-refractivity contribution in [3.05, 3.63) is 200 Å². The molecule has 63 heavy (non-hydrogen) atoms. The van der Waals surface area contributed by atoms with Crippen molar-refractivity contribution in [3.63, 3.8) is 0 Å². The highest BCUT2D eigenvalue weighted by atomic mass is 16.3. The summed E-state index contributed by atoms with van der Waals surface area (Å²) in [5, 5.41) is 12.0. The van der Waals surface area contributed by atoms with E-state index in [1.807, 2.05) is 18.2 Å². The van der Waals surface area contributed by atoms with E-state index >= 15 is 0 Å². The van der Waals surface area contributed by atoms with Crippen LogP contribution in [-0.2, 0) is 0 Å². The zero-order valence-corrected chi connectivity index (χ0v) is 33.7. The number of fused-ring (bicyclic) bond motifs is 19. The predicted molar refractivity (Wildman–Crippen MR) is 258 cm³/mol. The second-order valence-corrected chi connectivity index (χ2v) is 16.9. The Morgan fingerprint density at radius 2 is 0.952 bits per heavy atom. The SMILES string of the molecule is c1ccc2c(c1)NC1c3ccccc3-c3c(n(-c4ccc5oc6ccccc6c5c4)c4ccc(-c5ccc6c(c5)c5ccccc5n6-c5ccc6oc7ccccc7c6c5)cc34)N21. The van der Waals surface area contributed by atoms with Crippen LogP contribution in [0.4, 0.5) is 17.2 Å². The number of furan rings is 2. The lowest BCUT2D eigenvalue weighted by molar-refractivity contribution is 0.668. The minimum Gasteiger partial charge on any atom is -0.456 e. The molecule has 9 aromatic carbocycles. The van der Waals surface area contributed by atoms with Gasteiger partial charge < -0.3 is 18.7 Å². The molecule has 1 N–H and O–H groups in total. The van der Waals surface area contributed by atoms with Gasteiger partial charge in [0.25, 0.3) is 0 Å². The van der Waals surface area contributed by atoms with Crippen LogP contribution in [0.3, 0.4) is 0 Å². The second kappa shape index (κ2) is 12.1. The first-order valence-corrected chi connectivity index (χ1v) is 21.5. The standard InChI is InChI=1S/C57H34N4O2/c1-2-15-41-40(14-1)55-45-30-34(33-21-25-48-42(29-33)37-11-3-7-17-47(37)59(48)35-23-27-53-43(31-35)38-12-4-9-19-51(38)62-53)22-26-49(45)60(57(55)61-50-18-8-6-16-46(50)58-56(41)61)36-24-28-54-44(32-36)39-13-5-10-20-52(39)63-54/h1-32,56,58H. The van der Waals surface area contributed by atoms with Crippen molar-refractivity contribution in [1.29, 1.82) is 0 Å². The predicted octanol–water partition coefficient (Wildman–Crippen LogP) is 15.4. The number of anilines is 3. The molecule has 6 nitrogen and oxygen atoms in total. The monoisotopic (exact) mass is 806 g/mol. The van der Waals surface area contributed by atoms with Crippen LogP contribution in [0, 0.1) is 0 Å². The van der Waals surface area contributed by atoms with Crippen LogP contribution in [0.15, 0.2) is 203 Å². The van der Waals surface area contributed by atoms with Gasteiger partial charge in [0.2, 0.25) is 0 Å². The third-order valence-electron chi connectivity index (χ3n) is 13.7. The van der Waals surface area contributed by atoms with Crippen LogP contribution in [0.2, 0.25) is 0 Å². The van der Waals surface area contributed by atoms with Crippen molar-refractivity contribution >= 4 is 93.8 Å². The number of benzene rings is 9. The van der Waals surface area contributed by atoms with Crippen molar-refractivity contribution in [2.24, 2.45) is 0 Å². The van der Waals surface area contributed by atoms with E-state index in [0.717, 1.165) is 72.3 Å². The molecular formula is C57H34N4O2. The van der Waals surface area contributed by atoms with Gasteiger partial charge in [-0.1, -0.05) is 103 Å². The number of nitrogens with zero attached hydrogens (tertiary/aromatic N) is 3. The van der Waals surface area contributed by atoms with Crippen molar-refractivity contribution < 1.29 is 8.83 Å². The van der Waals surface area contributed by atoms with E-state index in [2.05, 4.69) is 195 Å². The fraction of sp³-hybridized carbons (Fsp3) is 0.0175. The molecule has 15 rings (SSSR count). The summed E-state index contributed by atoms with van der Waals surface area (Å²) in [5.41, 5.74) is 17.6. The molecule has 0 aliphatic carbocycles. The van der Waals surface area contributed by atoms with Gasteiger partial charge in [-0.25, -0.2) is 0 Å². The zero-order chi connectivity index (χ0) is 40.9. The number of para-hydroxylation sites is 5. The van der Waals surface area contributed by atoms with E-state index in [1.165, 1.54) is 60.7 Å². The number of aromatic nitrogens is 2. The van der Waals surface area contributed by atoms with Gasteiger partial charge in [-0.05, 0) is 108 Å². The lowest BCUT2D eigenvalue weighted by Gasteiger charge is -2.35. The topological polar surface area (TPSA) is 51.4 Å². The summed E-state index contributed by atoms with van der Waals surface area (Å²) in [6.45, 7) is 0. The van der Waals surface area contributed by atoms with Crippen LogP contribution in [0.1, 0.15) is 11.7 Å². The number of nitrogens with one attached hydrogen (secondary N) is 1. The lowest BCUT2D eigenvalue weighted by Crippen LogP contribution is -2.29. The van der Waals surface area contributed by atoms with Crippen molar-refractivity contribution in [3.8, 4) is 33.6 Å². The van der Waals surface area contributed by atoms with E-state index < -0.39 is 0 Å². The molecule has 6 heterocycles. The van der Waals surface area contributed by atoms with Crippen molar-refractivity contribution in [1.82, 2.24) is 9.13 Å². The molecule has 2 aliphatic rings. The molecule has 1 atom stereocenters. The molecule has 4 aromatic heterocycles. The van der Waals surface area contributed by atoms with Gasteiger partial charge >= 0.3 is 0 Å². The second-order valence-electron chi connectivity index (χ2n) is 16.9. The third kappa shape index (κ3) is 4.46. The van der Waals surface area contributed by atoms with Gasteiger partial charge in [0, 0.05) is 60.2 Å². The molecule has 0 radical (unpaired) electrons. The van der Waals surface area contributed by atoms with Crippen molar-refractivity contribution in [2.45, 2.75) is 6.17 Å². The summed E-state index contributed by atoms with van der Waals surface area (Å²) >= 11 is 0. The van der Waals surface area contributed by atoms with E-state index in [0.29, 0.717) is 0 Å². The first kappa shape index (κ1) is 33.3.